The molecule has 0 aromatic heterocycles. The maximum Gasteiger partial charge on any atom is 0.336 e. The Hall–Kier alpha value is -3.85. The minimum absolute atomic E-state index is 0.129. The average molecular weight is 508 g/mol. The molecule has 0 amide bonds. The van der Waals surface area contributed by atoms with Gasteiger partial charge in [-0.05, 0) is 45.9 Å². The summed E-state index contributed by atoms with van der Waals surface area (Å²) in [5, 5.41) is 11.5. The van der Waals surface area contributed by atoms with E-state index in [1.165, 1.54) is 18.2 Å². The van der Waals surface area contributed by atoms with E-state index in [0.717, 1.165) is 5.56 Å². The summed E-state index contributed by atoms with van der Waals surface area (Å²) in [6.45, 7) is 8.16. The van der Waals surface area contributed by atoms with Crippen molar-refractivity contribution < 1.29 is 24.0 Å². The number of ether oxygens (including phenoxy) is 2. The van der Waals surface area contributed by atoms with Gasteiger partial charge in [-0.15, -0.1) is 0 Å². The number of likely N-dealkylation sites (N-methyl/N-ethyl adjacent to an activating group) is 1. The van der Waals surface area contributed by atoms with Crippen molar-refractivity contribution in [2.75, 3.05) is 20.2 Å². The van der Waals surface area contributed by atoms with E-state index in [1.54, 1.807) is 33.8 Å². The summed E-state index contributed by atoms with van der Waals surface area (Å²) < 4.78 is 11.1. The highest BCUT2D eigenvalue weighted by Crippen LogP contribution is 2.41. The van der Waals surface area contributed by atoms with Crippen LogP contribution in [-0.4, -0.2) is 53.8 Å². The summed E-state index contributed by atoms with van der Waals surface area (Å²) in [5.74, 6) is -2.91. The topological polar surface area (TPSA) is 111 Å². The molecule has 2 aromatic rings. The molecule has 0 fully saturated rings. The van der Waals surface area contributed by atoms with Crippen molar-refractivity contribution in [3.8, 4) is 0 Å². The fraction of sp³-hybridized carbons (Fsp3) is 0.393. The lowest BCUT2D eigenvalue weighted by molar-refractivity contribution is -0.384. The predicted molar refractivity (Wildman–Crippen MR) is 140 cm³/mol. The van der Waals surface area contributed by atoms with Crippen LogP contribution in [0.25, 0.3) is 0 Å². The molecule has 3 rings (SSSR count). The number of nitro groups is 1. The summed E-state index contributed by atoms with van der Waals surface area (Å²) >= 11 is 0. The number of allylic oxidation sites excluding steroid dienone is 1. The van der Waals surface area contributed by atoms with Gasteiger partial charge in [0.2, 0.25) is 0 Å². The van der Waals surface area contributed by atoms with Gasteiger partial charge in [-0.3, -0.25) is 24.8 Å². The maximum atomic E-state index is 13.4. The van der Waals surface area contributed by atoms with Crippen LogP contribution in [0.2, 0.25) is 0 Å². The van der Waals surface area contributed by atoms with E-state index >= 15 is 0 Å². The second-order valence-electron chi connectivity index (χ2n) is 9.40. The highest BCUT2D eigenvalue weighted by atomic mass is 16.6. The Kier molecular flexibility index (Phi) is 9.30. The number of rotatable bonds is 10. The summed E-state index contributed by atoms with van der Waals surface area (Å²) in [6, 6.07) is 15.9. The van der Waals surface area contributed by atoms with Crippen molar-refractivity contribution in [1.82, 2.24) is 4.90 Å². The number of carbonyl (C=O) groups excluding carboxylic acids is 2. The molecule has 2 atom stereocenters. The minimum atomic E-state index is -0.920. The van der Waals surface area contributed by atoms with Crippen molar-refractivity contribution in [2.45, 2.75) is 46.3 Å². The molecule has 37 heavy (non-hydrogen) atoms. The van der Waals surface area contributed by atoms with Gasteiger partial charge in [0.05, 0.1) is 16.6 Å². The Balaban J connectivity index is 1.87. The van der Waals surface area contributed by atoms with Crippen LogP contribution in [-0.2, 0) is 25.6 Å². The molecule has 0 aliphatic carbocycles. The molecule has 2 unspecified atom stereocenters. The lowest BCUT2D eigenvalue weighted by Gasteiger charge is -2.32. The molecule has 1 aliphatic rings. The number of hydrogen-bond acceptors (Lipinski definition) is 8. The number of nitro benzene ring substituents is 1. The van der Waals surface area contributed by atoms with Crippen LogP contribution in [0.1, 0.15) is 44.7 Å². The van der Waals surface area contributed by atoms with E-state index in [9.17, 15) is 19.7 Å². The summed E-state index contributed by atoms with van der Waals surface area (Å²) in [7, 11) is 1.93. The molecule has 2 aromatic carbocycles. The van der Waals surface area contributed by atoms with Crippen LogP contribution in [0.3, 0.4) is 0 Å². The highest BCUT2D eigenvalue weighted by molar-refractivity contribution is 6.07. The van der Waals surface area contributed by atoms with Crippen molar-refractivity contribution in [3.05, 3.63) is 87.1 Å². The van der Waals surface area contributed by atoms with Crippen LogP contribution in [0.5, 0.6) is 0 Å². The average Bonchev–Trinajstić information content (AvgIpc) is 2.83. The van der Waals surface area contributed by atoms with Crippen LogP contribution in [0.15, 0.2) is 70.9 Å². The summed E-state index contributed by atoms with van der Waals surface area (Å²) in [4.78, 5) is 44.0. The molecule has 1 heterocycles. The maximum absolute atomic E-state index is 13.4. The van der Waals surface area contributed by atoms with Crippen LogP contribution in [0.4, 0.5) is 5.69 Å². The van der Waals surface area contributed by atoms with Crippen LogP contribution < -0.4 is 0 Å². The molecule has 9 heteroatoms. The number of nitrogens with zero attached hydrogens (tertiary/aromatic N) is 3. The lowest BCUT2D eigenvalue weighted by atomic mass is 9.75. The molecule has 0 saturated heterocycles. The van der Waals surface area contributed by atoms with Gasteiger partial charge in [-0.2, -0.15) is 0 Å². The zero-order valence-corrected chi connectivity index (χ0v) is 21.8. The minimum Gasteiger partial charge on any atom is -0.462 e. The van der Waals surface area contributed by atoms with Crippen molar-refractivity contribution >= 4 is 23.3 Å². The van der Waals surface area contributed by atoms with E-state index in [4.69, 9.17) is 9.47 Å². The molecule has 1 aliphatic heterocycles. The van der Waals surface area contributed by atoms with Gasteiger partial charge >= 0.3 is 11.9 Å². The predicted octanol–water partition coefficient (Wildman–Crippen LogP) is 4.67. The first-order valence-corrected chi connectivity index (χ1v) is 12.2. The number of carbonyl (C=O) groups is 2. The quantitative estimate of drug-likeness (QED) is 0.261. The molecular formula is C28H33N3O6. The zero-order chi connectivity index (χ0) is 27.1. The first-order chi connectivity index (χ1) is 17.6. The van der Waals surface area contributed by atoms with Gasteiger partial charge in [-0.1, -0.05) is 42.5 Å². The molecule has 0 N–H and O–H groups in total. The molecule has 196 valence electrons. The lowest BCUT2D eigenvalue weighted by Crippen LogP contribution is -2.37. The Morgan fingerprint density at radius 2 is 1.81 bits per heavy atom. The van der Waals surface area contributed by atoms with Gasteiger partial charge in [0.25, 0.3) is 5.69 Å². The zero-order valence-electron chi connectivity index (χ0n) is 21.8. The normalized spacial score (nSPS) is 17.5. The van der Waals surface area contributed by atoms with Crippen molar-refractivity contribution in [1.29, 1.82) is 0 Å². The Labute approximate surface area is 216 Å². The third kappa shape index (κ3) is 7.10. The van der Waals surface area contributed by atoms with Gasteiger partial charge in [-0.25, -0.2) is 4.79 Å². The van der Waals surface area contributed by atoms with E-state index in [1.807, 2.05) is 42.3 Å². The third-order valence-electron chi connectivity index (χ3n) is 6.10. The molecule has 9 nitrogen and oxygen atoms in total. The Bertz CT molecular complexity index is 1210. The number of non-ortho nitro benzene ring substituents is 1. The third-order valence-corrected chi connectivity index (χ3v) is 6.10. The largest absolute Gasteiger partial charge is 0.462 e. The fourth-order valence-corrected chi connectivity index (χ4v) is 4.45. The van der Waals surface area contributed by atoms with Gasteiger partial charge in [0, 0.05) is 42.5 Å². The highest BCUT2D eigenvalue weighted by Gasteiger charge is 2.43. The number of aliphatic imine (C=N–C) groups is 1. The first kappa shape index (κ1) is 27.7. The monoisotopic (exact) mass is 507 g/mol. The van der Waals surface area contributed by atoms with Crippen molar-refractivity contribution in [3.63, 3.8) is 0 Å². The molecule has 0 spiro atoms. The second kappa shape index (κ2) is 12.4. The standard InChI is InChI=1S/C28H33N3O6/c1-18(2)37-28(33)25-20(4)29-19(3)24(26(25)22-12-9-13-23(16-22)31(34)35)27(32)36-15-14-30(5)17-21-10-7-6-8-11-21/h6-13,16,18,25-26H,14-15,17H2,1-5H3. The number of esters is 2. The Morgan fingerprint density at radius 1 is 1.11 bits per heavy atom. The molecular weight excluding hydrogens is 474 g/mol. The fourth-order valence-electron chi connectivity index (χ4n) is 4.45. The number of hydrogen-bond donors (Lipinski definition) is 0. The van der Waals surface area contributed by atoms with Gasteiger partial charge < -0.3 is 9.47 Å². The van der Waals surface area contributed by atoms with Crippen molar-refractivity contribution in [2.24, 2.45) is 10.9 Å². The van der Waals surface area contributed by atoms with E-state index in [2.05, 4.69) is 4.99 Å². The Morgan fingerprint density at radius 3 is 2.46 bits per heavy atom. The molecule has 0 saturated carbocycles. The first-order valence-electron chi connectivity index (χ1n) is 12.2. The van der Waals surface area contributed by atoms with E-state index in [-0.39, 0.29) is 24.0 Å². The van der Waals surface area contributed by atoms with Gasteiger partial charge in [0.15, 0.2) is 0 Å². The molecule has 0 radical (unpaired) electrons. The molecule has 0 bridgehead atoms. The number of benzene rings is 2. The van der Waals surface area contributed by atoms with E-state index in [0.29, 0.717) is 30.1 Å². The SMILES string of the molecule is CC1=NC(C)=C(C(=O)OCCN(C)Cc2ccccc2)C(c2cccc([N+](=O)[O-])c2)C1C(=O)OC(C)C. The van der Waals surface area contributed by atoms with Crippen LogP contribution in [0, 0.1) is 16.0 Å². The second-order valence-corrected chi connectivity index (χ2v) is 9.40. The van der Waals surface area contributed by atoms with Crippen LogP contribution >= 0.6 is 0 Å². The summed E-state index contributed by atoms with van der Waals surface area (Å²) in [6.07, 6.45) is -0.381. The summed E-state index contributed by atoms with van der Waals surface area (Å²) in [5.41, 5.74) is 2.53. The smallest absolute Gasteiger partial charge is 0.336 e. The van der Waals surface area contributed by atoms with Gasteiger partial charge in [0.1, 0.15) is 12.5 Å². The van der Waals surface area contributed by atoms with E-state index < -0.39 is 28.7 Å².